The molecule has 0 bridgehead atoms. The first-order valence-electron chi connectivity index (χ1n) is 7.47. The summed E-state index contributed by atoms with van der Waals surface area (Å²) in [5.41, 5.74) is 8.18. The number of likely N-dealkylation sites (tertiary alicyclic amines) is 1. The maximum absolute atomic E-state index is 12.9. The third kappa shape index (κ3) is 3.77. The van der Waals surface area contributed by atoms with E-state index in [1.54, 1.807) is 0 Å². The highest BCUT2D eigenvalue weighted by Crippen LogP contribution is 2.26. The van der Waals surface area contributed by atoms with Crippen LogP contribution in [0.3, 0.4) is 0 Å². The SMILES string of the molecule is Cc1ccc2cccc(C(=O)N3CC(CN)CC3C)c2n1.Cl.Cl. The highest BCUT2D eigenvalue weighted by molar-refractivity contribution is 6.05. The average molecular weight is 356 g/mol. The zero-order valence-corrected chi connectivity index (χ0v) is 15.0. The summed E-state index contributed by atoms with van der Waals surface area (Å²) in [5, 5.41) is 1.01. The Labute approximate surface area is 149 Å². The summed E-state index contributed by atoms with van der Waals surface area (Å²) in [6.07, 6.45) is 0.986. The maximum atomic E-state index is 12.9. The summed E-state index contributed by atoms with van der Waals surface area (Å²) in [7, 11) is 0. The van der Waals surface area contributed by atoms with Crippen molar-refractivity contribution in [1.82, 2.24) is 9.88 Å². The number of nitrogens with zero attached hydrogens (tertiary/aromatic N) is 2. The first-order chi connectivity index (χ1) is 10.1. The number of nitrogens with two attached hydrogens (primary N) is 1. The lowest BCUT2D eigenvalue weighted by Gasteiger charge is -2.22. The third-order valence-electron chi connectivity index (χ3n) is 4.35. The number of hydrogen-bond donors (Lipinski definition) is 1. The van der Waals surface area contributed by atoms with E-state index in [0.717, 1.165) is 29.6 Å². The summed E-state index contributed by atoms with van der Waals surface area (Å²) in [6, 6.07) is 10.0. The van der Waals surface area contributed by atoms with Crippen molar-refractivity contribution in [1.29, 1.82) is 0 Å². The molecule has 1 amide bonds. The Kier molecular flexibility index (Phi) is 6.81. The molecule has 23 heavy (non-hydrogen) atoms. The monoisotopic (exact) mass is 355 g/mol. The van der Waals surface area contributed by atoms with Crippen LogP contribution in [0.2, 0.25) is 0 Å². The smallest absolute Gasteiger partial charge is 0.256 e. The van der Waals surface area contributed by atoms with Gasteiger partial charge in [0.2, 0.25) is 0 Å². The van der Waals surface area contributed by atoms with Gasteiger partial charge in [-0.25, -0.2) is 0 Å². The summed E-state index contributed by atoms with van der Waals surface area (Å²) in [5.74, 6) is 0.482. The van der Waals surface area contributed by atoms with E-state index in [2.05, 4.69) is 11.9 Å². The van der Waals surface area contributed by atoms with Crippen molar-refractivity contribution in [2.45, 2.75) is 26.3 Å². The van der Waals surface area contributed by atoms with Gasteiger partial charge in [-0.3, -0.25) is 9.78 Å². The molecule has 2 N–H and O–H groups in total. The van der Waals surface area contributed by atoms with E-state index in [1.165, 1.54) is 0 Å². The van der Waals surface area contributed by atoms with E-state index in [0.29, 0.717) is 18.0 Å². The number of halogens is 2. The number of amides is 1. The molecular formula is C17H23Cl2N3O. The zero-order valence-electron chi connectivity index (χ0n) is 13.4. The van der Waals surface area contributed by atoms with Crippen LogP contribution in [0.1, 0.15) is 29.4 Å². The molecule has 2 atom stereocenters. The molecule has 126 valence electrons. The number of pyridine rings is 1. The van der Waals surface area contributed by atoms with Gasteiger partial charge >= 0.3 is 0 Å². The fourth-order valence-corrected chi connectivity index (χ4v) is 3.17. The molecule has 1 aromatic heterocycles. The second kappa shape index (κ2) is 7.95. The largest absolute Gasteiger partial charge is 0.336 e. The highest BCUT2D eigenvalue weighted by atomic mass is 35.5. The Morgan fingerprint density at radius 3 is 2.70 bits per heavy atom. The molecule has 0 spiro atoms. The van der Waals surface area contributed by atoms with Gasteiger partial charge in [-0.15, -0.1) is 24.8 Å². The van der Waals surface area contributed by atoms with Crippen molar-refractivity contribution < 1.29 is 4.79 Å². The molecule has 1 fully saturated rings. The Morgan fingerprint density at radius 2 is 2.04 bits per heavy atom. The van der Waals surface area contributed by atoms with Crippen LogP contribution in [-0.4, -0.2) is 34.9 Å². The minimum Gasteiger partial charge on any atom is -0.336 e. The molecule has 1 aromatic carbocycles. The number of rotatable bonds is 2. The van der Waals surface area contributed by atoms with Gasteiger partial charge in [0.1, 0.15) is 0 Å². The molecule has 1 aliphatic heterocycles. The predicted molar refractivity (Wildman–Crippen MR) is 98.6 cm³/mol. The molecule has 0 radical (unpaired) electrons. The molecule has 1 aliphatic rings. The molecule has 2 heterocycles. The number of carbonyl (C=O) groups is 1. The van der Waals surface area contributed by atoms with Gasteiger partial charge in [0, 0.05) is 23.7 Å². The second-order valence-electron chi connectivity index (χ2n) is 5.97. The van der Waals surface area contributed by atoms with Gasteiger partial charge in [-0.2, -0.15) is 0 Å². The number of aromatic nitrogens is 1. The zero-order chi connectivity index (χ0) is 15.0. The standard InChI is InChI=1S/C17H21N3O.2ClH/c1-11-6-7-14-4-3-5-15(16(14)19-11)17(21)20-10-13(9-18)8-12(20)2;;/h3-7,12-13H,8-10,18H2,1-2H3;2*1H. The number of aryl methyl sites for hydroxylation is 1. The van der Waals surface area contributed by atoms with Crippen molar-refractivity contribution in [3.63, 3.8) is 0 Å². The van der Waals surface area contributed by atoms with Gasteiger partial charge in [0.15, 0.2) is 0 Å². The van der Waals surface area contributed by atoms with Crippen molar-refractivity contribution in [3.8, 4) is 0 Å². The Bertz CT molecular complexity index is 693. The first-order valence-corrected chi connectivity index (χ1v) is 7.47. The van der Waals surface area contributed by atoms with E-state index in [1.807, 2.05) is 42.2 Å². The lowest BCUT2D eigenvalue weighted by molar-refractivity contribution is 0.0745. The number of benzene rings is 1. The predicted octanol–water partition coefficient (Wildman–Crippen LogP) is 3.20. The average Bonchev–Trinajstić information content (AvgIpc) is 2.87. The Morgan fingerprint density at radius 1 is 1.30 bits per heavy atom. The number of carbonyl (C=O) groups excluding carboxylic acids is 1. The van der Waals surface area contributed by atoms with Crippen molar-refractivity contribution in [3.05, 3.63) is 41.6 Å². The van der Waals surface area contributed by atoms with Crippen LogP contribution in [0.5, 0.6) is 0 Å². The molecule has 0 saturated carbocycles. The van der Waals surface area contributed by atoms with Crippen molar-refractivity contribution >= 4 is 41.6 Å². The number of fused-ring (bicyclic) bond motifs is 1. The van der Waals surface area contributed by atoms with Crippen molar-refractivity contribution in [2.24, 2.45) is 11.7 Å². The van der Waals surface area contributed by atoms with Crippen LogP contribution < -0.4 is 5.73 Å². The van der Waals surface area contributed by atoms with Crippen molar-refractivity contribution in [2.75, 3.05) is 13.1 Å². The van der Waals surface area contributed by atoms with Gasteiger partial charge in [-0.05, 0) is 44.9 Å². The topological polar surface area (TPSA) is 59.2 Å². The van der Waals surface area contributed by atoms with Gasteiger partial charge in [-0.1, -0.05) is 18.2 Å². The Balaban J connectivity index is 0.00000132. The van der Waals surface area contributed by atoms with Crippen LogP contribution in [0, 0.1) is 12.8 Å². The van der Waals surface area contributed by atoms with E-state index in [-0.39, 0.29) is 36.8 Å². The summed E-state index contributed by atoms with van der Waals surface area (Å²) in [6.45, 7) is 5.43. The molecule has 3 rings (SSSR count). The quantitative estimate of drug-likeness (QED) is 0.899. The molecule has 2 aromatic rings. The van der Waals surface area contributed by atoms with Crippen LogP contribution in [0.25, 0.3) is 10.9 Å². The van der Waals surface area contributed by atoms with Crippen LogP contribution in [0.15, 0.2) is 30.3 Å². The van der Waals surface area contributed by atoms with E-state index < -0.39 is 0 Å². The minimum absolute atomic E-state index is 0. The number of para-hydroxylation sites is 1. The highest BCUT2D eigenvalue weighted by Gasteiger charge is 2.32. The summed E-state index contributed by atoms with van der Waals surface area (Å²) >= 11 is 0. The maximum Gasteiger partial charge on any atom is 0.256 e. The lowest BCUT2D eigenvalue weighted by atomic mass is 10.1. The fourth-order valence-electron chi connectivity index (χ4n) is 3.17. The molecule has 4 nitrogen and oxygen atoms in total. The molecular weight excluding hydrogens is 333 g/mol. The molecule has 2 unspecified atom stereocenters. The van der Waals surface area contributed by atoms with Gasteiger partial charge in [0.05, 0.1) is 11.1 Å². The van der Waals surface area contributed by atoms with Gasteiger partial charge in [0.25, 0.3) is 5.91 Å². The normalized spacial score (nSPS) is 20.0. The Hall–Kier alpha value is -1.36. The fraction of sp³-hybridized carbons (Fsp3) is 0.412. The van der Waals surface area contributed by atoms with Crippen LogP contribution in [-0.2, 0) is 0 Å². The van der Waals surface area contributed by atoms with E-state index in [9.17, 15) is 4.79 Å². The van der Waals surface area contributed by atoms with E-state index in [4.69, 9.17) is 5.73 Å². The lowest BCUT2D eigenvalue weighted by Crippen LogP contribution is -2.34. The second-order valence-corrected chi connectivity index (χ2v) is 5.97. The molecule has 6 heteroatoms. The van der Waals surface area contributed by atoms with E-state index >= 15 is 0 Å². The van der Waals surface area contributed by atoms with Gasteiger partial charge < -0.3 is 10.6 Å². The van der Waals surface area contributed by atoms with Crippen LogP contribution >= 0.6 is 24.8 Å². The first kappa shape index (κ1) is 19.7. The molecule has 1 saturated heterocycles. The number of hydrogen-bond acceptors (Lipinski definition) is 3. The third-order valence-corrected chi connectivity index (χ3v) is 4.35. The minimum atomic E-state index is 0. The van der Waals surface area contributed by atoms with Crippen LogP contribution in [0.4, 0.5) is 0 Å². The summed E-state index contributed by atoms with van der Waals surface area (Å²) < 4.78 is 0. The molecule has 0 aliphatic carbocycles. The summed E-state index contributed by atoms with van der Waals surface area (Å²) in [4.78, 5) is 19.4.